The van der Waals surface area contributed by atoms with E-state index < -0.39 is 0 Å². The molecule has 2 amide bonds. The van der Waals surface area contributed by atoms with E-state index in [9.17, 15) is 9.59 Å². The Morgan fingerprint density at radius 2 is 2.00 bits per heavy atom. The number of amides is 2. The van der Waals surface area contributed by atoms with Crippen LogP contribution < -0.4 is 10.6 Å². The lowest BCUT2D eigenvalue weighted by Crippen LogP contribution is -2.47. The second-order valence-corrected chi connectivity index (χ2v) is 7.86. The van der Waals surface area contributed by atoms with Crippen LogP contribution in [0.15, 0.2) is 10.6 Å². The molecule has 1 saturated carbocycles. The molecule has 3 rings (SSSR count). The van der Waals surface area contributed by atoms with E-state index in [1.807, 2.05) is 13.8 Å². The number of hydrogen-bond acceptors (Lipinski definition) is 5. The molecule has 1 aromatic heterocycles. The first-order valence-corrected chi connectivity index (χ1v) is 10.3. The van der Waals surface area contributed by atoms with Gasteiger partial charge in [0.1, 0.15) is 5.76 Å². The zero-order chi connectivity index (χ0) is 19.2. The van der Waals surface area contributed by atoms with Crippen molar-refractivity contribution in [1.29, 1.82) is 0 Å². The number of aryl methyl sites for hydroxylation is 1. The molecular formula is C20H32N4O3. The van der Waals surface area contributed by atoms with Crippen LogP contribution in [-0.2, 0) is 16.0 Å². The smallest absolute Gasteiger partial charge is 0.237 e. The largest absolute Gasteiger partial charge is 0.361 e. The number of nitrogens with one attached hydrogen (secondary N) is 2. The van der Waals surface area contributed by atoms with Gasteiger partial charge in [0.25, 0.3) is 0 Å². The summed E-state index contributed by atoms with van der Waals surface area (Å²) in [5.41, 5.74) is 0.773. The van der Waals surface area contributed by atoms with Crippen LogP contribution in [0.2, 0.25) is 0 Å². The first kappa shape index (κ1) is 19.9. The van der Waals surface area contributed by atoms with Gasteiger partial charge in [0, 0.05) is 31.2 Å². The summed E-state index contributed by atoms with van der Waals surface area (Å²) in [6, 6.07) is 2.07. The van der Waals surface area contributed by atoms with Crippen molar-refractivity contribution < 1.29 is 14.1 Å². The van der Waals surface area contributed by atoms with E-state index in [1.54, 1.807) is 6.07 Å². The van der Waals surface area contributed by atoms with Crippen molar-refractivity contribution in [2.45, 2.75) is 83.3 Å². The van der Waals surface area contributed by atoms with Crippen LogP contribution in [0.3, 0.4) is 0 Å². The number of likely N-dealkylation sites (N-methyl/N-ethyl adjacent to an activating group) is 1. The second-order valence-electron chi connectivity index (χ2n) is 7.86. The Morgan fingerprint density at radius 3 is 2.63 bits per heavy atom. The van der Waals surface area contributed by atoms with Gasteiger partial charge in [-0.3, -0.25) is 14.5 Å². The van der Waals surface area contributed by atoms with Crippen molar-refractivity contribution in [3.63, 3.8) is 0 Å². The summed E-state index contributed by atoms with van der Waals surface area (Å²) in [6.45, 7) is 5.16. The van der Waals surface area contributed by atoms with Crippen molar-refractivity contribution >= 4 is 11.8 Å². The topological polar surface area (TPSA) is 87.5 Å². The summed E-state index contributed by atoms with van der Waals surface area (Å²) in [5, 5.41) is 9.90. The zero-order valence-corrected chi connectivity index (χ0v) is 16.5. The molecule has 2 atom stereocenters. The number of rotatable bonds is 6. The Bertz CT molecular complexity index is 637. The molecule has 1 saturated heterocycles. The van der Waals surface area contributed by atoms with E-state index in [0.29, 0.717) is 24.8 Å². The first-order valence-electron chi connectivity index (χ1n) is 10.3. The van der Waals surface area contributed by atoms with Gasteiger partial charge in [0.2, 0.25) is 11.8 Å². The lowest BCUT2D eigenvalue weighted by Gasteiger charge is -2.31. The van der Waals surface area contributed by atoms with E-state index >= 15 is 0 Å². The normalized spacial score (nSPS) is 24.5. The van der Waals surface area contributed by atoms with Gasteiger partial charge in [-0.1, -0.05) is 30.8 Å². The molecule has 0 spiro atoms. The summed E-state index contributed by atoms with van der Waals surface area (Å²) < 4.78 is 5.14. The molecule has 0 radical (unpaired) electrons. The molecule has 0 aromatic carbocycles. The van der Waals surface area contributed by atoms with Crippen molar-refractivity contribution in [1.82, 2.24) is 20.7 Å². The highest BCUT2D eigenvalue weighted by Gasteiger charge is 2.40. The van der Waals surface area contributed by atoms with Crippen molar-refractivity contribution in [2.24, 2.45) is 0 Å². The van der Waals surface area contributed by atoms with Crippen LogP contribution in [0.5, 0.6) is 0 Å². The maximum Gasteiger partial charge on any atom is 0.237 e. The van der Waals surface area contributed by atoms with Gasteiger partial charge in [0.05, 0.1) is 18.2 Å². The molecule has 150 valence electrons. The molecule has 1 aliphatic heterocycles. The molecule has 27 heavy (non-hydrogen) atoms. The molecule has 1 aromatic rings. The number of nitrogens with zero attached hydrogens (tertiary/aromatic N) is 2. The summed E-state index contributed by atoms with van der Waals surface area (Å²) in [6.07, 6.45) is 8.17. The molecule has 0 unspecified atom stereocenters. The minimum Gasteiger partial charge on any atom is -0.361 e. The molecule has 1 aliphatic carbocycles. The third-order valence-corrected chi connectivity index (χ3v) is 5.66. The van der Waals surface area contributed by atoms with Crippen molar-refractivity contribution in [3.05, 3.63) is 17.5 Å². The van der Waals surface area contributed by atoms with Crippen molar-refractivity contribution in [2.75, 3.05) is 13.1 Å². The average molecular weight is 377 g/mol. The van der Waals surface area contributed by atoms with Crippen LogP contribution in [0.25, 0.3) is 0 Å². The monoisotopic (exact) mass is 376 g/mol. The van der Waals surface area contributed by atoms with Crippen LogP contribution in [0, 0.1) is 6.92 Å². The number of likely N-dealkylation sites (tertiary alicyclic amines) is 1. The van der Waals surface area contributed by atoms with E-state index in [0.717, 1.165) is 25.1 Å². The van der Waals surface area contributed by atoms with Crippen LogP contribution in [0.4, 0.5) is 0 Å². The Kier molecular flexibility index (Phi) is 6.88. The predicted molar refractivity (Wildman–Crippen MR) is 102 cm³/mol. The van der Waals surface area contributed by atoms with Gasteiger partial charge in [-0.2, -0.15) is 0 Å². The van der Waals surface area contributed by atoms with E-state index in [4.69, 9.17) is 4.52 Å². The molecule has 2 N–H and O–H groups in total. The van der Waals surface area contributed by atoms with Gasteiger partial charge in [-0.15, -0.1) is 0 Å². The maximum atomic E-state index is 12.6. The third-order valence-electron chi connectivity index (χ3n) is 5.66. The molecular weight excluding hydrogens is 344 g/mol. The average Bonchev–Trinajstić information content (AvgIpc) is 3.12. The lowest BCUT2D eigenvalue weighted by atomic mass is 10.1. The molecule has 2 fully saturated rings. The molecule has 2 heterocycles. The van der Waals surface area contributed by atoms with Gasteiger partial charge < -0.3 is 15.2 Å². The maximum absolute atomic E-state index is 12.6. The minimum atomic E-state index is -0.147. The number of carbonyl (C=O) groups is 2. The Labute approximate surface area is 161 Å². The standard InChI is InChI=1S/C20H32N4O3/c1-3-21-20(26)18-11-15(13-24(18)16-8-6-4-5-7-9-16)22-19(25)12-17-10-14(2)23-27-17/h10,15-16,18H,3-9,11-13H2,1-2H3,(H,21,26)(H,22,25)/t15-,18-/m0/s1. The van der Waals surface area contributed by atoms with E-state index in [-0.39, 0.29) is 30.3 Å². The fourth-order valence-corrected chi connectivity index (χ4v) is 4.44. The van der Waals surface area contributed by atoms with Crippen LogP contribution in [0.1, 0.15) is 63.3 Å². The Morgan fingerprint density at radius 1 is 1.26 bits per heavy atom. The molecule has 7 nitrogen and oxygen atoms in total. The Hall–Kier alpha value is -1.89. The van der Waals surface area contributed by atoms with E-state index in [2.05, 4.69) is 20.7 Å². The van der Waals surface area contributed by atoms with Gasteiger partial charge >= 0.3 is 0 Å². The minimum absolute atomic E-state index is 0.00243. The second kappa shape index (κ2) is 9.35. The zero-order valence-electron chi connectivity index (χ0n) is 16.5. The highest BCUT2D eigenvalue weighted by molar-refractivity contribution is 5.83. The number of carbonyl (C=O) groups excluding carboxylic acids is 2. The molecule has 2 aliphatic rings. The number of aromatic nitrogens is 1. The quantitative estimate of drug-likeness (QED) is 0.741. The third kappa shape index (κ3) is 5.31. The summed E-state index contributed by atoms with van der Waals surface area (Å²) in [5.74, 6) is 0.585. The van der Waals surface area contributed by atoms with Crippen LogP contribution in [-0.4, -0.2) is 53.1 Å². The van der Waals surface area contributed by atoms with Gasteiger partial charge in [-0.05, 0) is 33.1 Å². The summed E-state index contributed by atoms with van der Waals surface area (Å²) in [4.78, 5) is 27.4. The fourth-order valence-electron chi connectivity index (χ4n) is 4.44. The van der Waals surface area contributed by atoms with Crippen LogP contribution >= 0.6 is 0 Å². The highest BCUT2D eigenvalue weighted by Crippen LogP contribution is 2.29. The lowest BCUT2D eigenvalue weighted by molar-refractivity contribution is -0.126. The Balaban J connectivity index is 1.62. The van der Waals surface area contributed by atoms with E-state index in [1.165, 1.54) is 25.7 Å². The summed E-state index contributed by atoms with van der Waals surface area (Å²) in [7, 11) is 0. The number of hydrogen-bond donors (Lipinski definition) is 2. The molecule has 0 bridgehead atoms. The first-order chi connectivity index (χ1) is 13.1. The predicted octanol–water partition coefficient (Wildman–Crippen LogP) is 1.94. The van der Waals surface area contributed by atoms with Gasteiger partial charge in [-0.25, -0.2) is 0 Å². The highest BCUT2D eigenvalue weighted by atomic mass is 16.5. The summed E-state index contributed by atoms with van der Waals surface area (Å²) >= 11 is 0. The van der Waals surface area contributed by atoms with Crippen molar-refractivity contribution in [3.8, 4) is 0 Å². The van der Waals surface area contributed by atoms with Gasteiger partial charge in [0.15, 0.2) is 0 Å². The molecule has 7 heteroatoms. The SMILES string of the molecule is CCNC(=O)[C@@H]1C[C@H](NC(=O)Cc2cc(C)no2)CN1C1CCCCCC1. The fraction of sp³-hybridized carbons (Fsp3) is 0.750.